The number of hydrogen-bond acceptors (Lipinski definition) is 2. The van der Waals surface area contributed by atoms with Crippen molar-refractivity contribution in [3.05, 3.63) is 0 Å². The van der Waals surface area contributed by atoms with Crippen molar-refractivity contribution in [2.45, 2.75) is 32.7 Å². The Morgan fingerprint density at radius 3 is 1.75 bits per heavy atom. The highest BCUT2D eigenvalue weighted by Gasteiger charge is 2.03. The first-order chi connectivity index (χ1) is 3.72. The molecule has 50 valence electrons. The second-order valence-electron chi connectivity index (χ2n) is 2.14. The summed E-state index contributed by atoms with van der Waals surface area (Å²) in [6.45, 7) is 4.30. The van der Waals surface area contributed by atoms with Crippen molar-refractivity contribution in [2.24, 2.45) is 5.84 Å². The van der Waals surface area contributed by atoms with Crippen LogP contribution in [0, 0.1) is 0 Å². The normalized spacial score (nSPS) is 11.2. The van der Waals surface area contributed by atoms with Crippen LogP contribution in [0.1, 0.15) is 26.7 Å². The van der Waals surface area contributed by atoms with Gasteiger partial charge in [0.15, 0.2) is 0 Å². The van der Waals surface area contributed by atoms with Crippen LogP contribution >= 0.6 is 0 Å². The smallest absolute Gasteiger partial charge is 0.0232 e. The Morgan fingerprint density at radius 2 is 1.75 bits per heavy atom. The standard InChI is InChI=1S/C6H16N2/c1-4-6(5-2)8(3)7/h6H,4-5,7H2,1-3H3. The fraction of sp³-hybridized carbons (Fsp3) is 1.00. The van der Waals surface area contributed by atoms with Crippen molar-refractivity contribution in [3.63, 3.8) is 0 Å². The Balaban J connectivity index is 3.35. The summed E-state index contributed by atoms with van der Waals surface area (Å²) in [6, 6.07) is 0.565. The third-order valence-corrected chi connectivity index (χ3v) is 1.52. The van der Waals surface area contributed by atoms with Gasteiger partial charge in [0.1, 0.15) is 0 Å². The zero-order chi connectivity index (χ0) is 6.57. The van der Waals surface area contributed by atoms with Gasteiger partial charge in [-0.2, -0.15) is 0 Å². The second-order valence-corrected chi connectivity index (χ2v) is 2.14. The average molecular weight is 116 g/mol. The summed E-state index contributed by atoms with van der Waals surface area (Å²) < 4.78 is 0. The van der Waals surface area contributed by atoms with Crippen molar-refractivity contribution in [1.82, 2.24) is 5.01 Å². The fourth-order valence-corrected chi connectivity index (χ4v) is 0.865. The monoisotopic (exact) mass is 116 g/mol. The predicted octanol–water partition coefficient (Wildman–Crippen LogP) is 0.980. The molecule has 0 aromatic rings. The molecule has 0 saturated carbocycles. The van der Waals surface area contributed by atoms with Crippen LogP contribution < -0.4 is 5.84 Å². The molecule has 0 heterocycles. The molecule has 0 spiro atoms. The van der Waals surface area contributed by atoms with Crippen LogP contribution in [0.25, 0.3) is 0 Å². The van der Waals surface area contributed by atoms with E-state index in [0.29, 0.717) is 6.04 Å². The number of rotatable bonds is 3. The van der Waals surface area contributed by atoms with E-state index in [2.05, 4.69) is 13.8 Å². The van der Waals surface area contributed by atoms with Crippen LogP contribution in [0.2, 0.25) is 0 Å². The molecule has 0 unspecified atom stereocenters. The molecular formula is C6H16N2. The van der Waals surface area contributed by atoms with E-state index < -0.39 is 0 Å². The van der Waals surface area contributed by atoms with Crippen LogP contribution in [0.3, 0.4) is 0 Å². The zero-order valence-electron chi connectivity index (χ0n) is 6.02. The molecule has 0 radical (unpaired) electrons. The van der Waals surface area contributed by atoms with Gasteiger partial charge in [-0.1, -0.05) is 13.8 Å². The Labute approximate surface area is 51.6 Å². The van der Waals surface area contributed by atoms with E-state index in [1.54, 1.807) is 5.01 Å². The van der Waals surface area contributed by atoms with Gasteiger partial charge < -0.3 is 0 Å². The van der Waals surface area contributed by atoms with E-state index in [0.717, 1.165) is 12.8 Å². The van der Waals surface area contributed by atoms with Gasteiger partial charge in [-0.05, 0) is 12.8 Å². The molecule has 0 saturated heterocycles. The molecule has 8 heavy (non-hydrogen) atoms. The van der Waals surface area contributed by atoms with Gasteiger partial charge in [0.2, 0.25) is 0 Å². The number of hydrazine groups is 1. The van der Waals surface area contributed by atoms with E-state index in [9.17, 15) is 0 Å². The summed E-state index contributed by atoms with van der Waals surface area (Å²) in [6.07, 6.45) is 2.28. The quantitative estimate of drug-likeness (QED) is 0.440. The summed E-state index contributed by atoms with van der Waals surface area (Å²) in [5.74, 6) is 5.49. The summed E-state index contributed by atoms with van der Waals surface area (Å²) in [5.41, 5.74) is 0. The first-order valence-electron chi connectivity index (χ1n) is 3.19. The lowest BCUT2D eigenvalue weighted by Crippen LogP contribution is -2.36. The lowest BCUT2D eigenvalue weighted by atomic mass is 10.2. The molecule has 0 rings (SSSR count). The molecule has 2 nitrogen and oxygen atoms in total. The molecule has 0 bridgehead atoms. The minimum atomic E-state index is 0.565. The van der Waals surface area contributed by atoms with E-state index >= 15 is 0 Å². The summed E-state index contributed by atoms with van der Waals surface area (Å²) in [7, 11) is 1.91. The highest BCUT2D eigenvalue weighted by molar-refractivity contribution is 4.57. The first-order valence-corrected chi connectivity index (χ1v) is 3.19. The van der Waals surface area contributed by atoms with Gasteiger partial charge in [0.25, 0.3) is 0 Å². The first kappa shape index (κ1) is 7.92. The van der Waals surface area contributed by atoms with Crippen molar-refractivity contribution in [3.8, 4) is 0 Å². The summed E-state index contributed by atoms with van der Waals surface area (Å²) >= 11 is 0. The van der Waals surface area contributed by atoms with E-state index in [-0.39, 0.29) is 0 Å². The lowest BCUT2D eigenvalue weighted by molar-refractivity contribution is 0.236. The number of hydrogen-bond donors (Lipinski definition) is 1. The topological polar surface area (TPSA) is 29.3 Å². The van der Waals surface area contributed by atoms with Crippen molar-refractivity contribution < 1.29 is 0 Å². The number of nitrogens with two attached hydrogens (primary N) is 1. The third kappa shape index (κ3) is 2.28. The highest BCUT2D eigenvalue weighted by Crippen LogP contribution is 1.99. The SMILES string of the molecule is CCC(CC)N(C)N. The molecule has 0 aliphatic heterocycles. The average Bonchev–Trinajstić information content (AvgIpc) is 1.69. The van der Waals surface area contributed by atoms with Gasteiger partial charge >= 0.3 is 0 Å². The maximum Gasteiger partial charge on any atom is 0.0232 e. The van der Waals surface area contributed by atoms with Gasteiger partial charge in [0.05, 0.1) is 0 Å². The molecule has 0 aliphatic carbocycles. The van der Waals surface area contributed by atoms with E-state index in [4.69, 9.17) is 5.84 Å². The maximum absolute atomic E-state index is 5.49. The highest BCUT2D eigenvalue weighted by atomic mass is 15.4. The summed E-state index contributed by atoms with van der Waals surface area (Å²) in [5, 5.41) is 1.78. The lowest BCUT2D eigenvalue weighted by Gasteiger charge is -2.19. The molecule has 0 aromatic carbocycles. The van der Waals surface area contributed by atoms with Crippen molar-refractivity contribution in [2.75, 3.05) is 7.05 Å². The third-order valence-electron chi connectivity index (χ3n) is 1.52. The molecule has 0 amide bonds. The van der Waals surface area contributed by atoms with Gasteiger partial charge in [-0.3, -0.25) is 5.84 Å². The minimum Gasteiger partial charge on any atom is -0.269 e. The van der Waals surface area contributed by atoms with E-state index in [1.807, 2.05) is 7.05 Å². The van der Waals surface area contributed by atoms with E-state index in [1.165, 1.54) is 0 Å². The molecule has 0 fully saturated rings. The van der Waals surface area contributed by atoms with Crippen LogP contribution in [0.15, 0.2) is 0 Å². The summed E-state index contributed by atoms with van der Waals surface area (Å²) in [4.78, 5) is 0. The Hall–Kier alpha value is -0.0800. The van der Waals surface area contributed by atoms with Crippen LogP contribution in [0.4, 0.5) is 0 Å². The molecule has 2 heteroatoms. The number of nitrogens with zero attached hydrogens (tertiary/aromatic N) is 1. The minimum absolute atomic E-state index is 0.565. The molecule has 0 aliphatic rings. The second kappa shape index (κ2) is 3.87. The van der Waals surface area contributed by atoms with Gasteiger partial charge in [-0.25, -0.2) is 5.01 Å². The van der Waals surface area contributed by atoms with Gasteiger partial charge in [0, 0.05) is 13.1 Å². The van der Waals surface area contributed by atoms with Gasteiger partial charge in [-0.15, -0.1) is 0 Å². The van der Waals surface area contributed by atoms with Crippen LogP contribution in [-0.4, -0.2) is 18.1 Å². The van der Waals surface area contributed by atoms with Crippen molar-refractivity contribution in [1.29, 1.82) is 0 Å². The zero-order valence-corrected chi connectivity index (χ0v) is 6.02. The van der Waals surface area contributed by atoms with Crippen LogP contribution in [-0.2, 0) is 0 Å². The molecule has 0 atom stereocenters. The predicted molar refractivity (Wildman–Crippen MR) is 36.3 cm³/mol. The molecule has 2 N–H and O–H groups in total. The Morgan fingerprint density at radius 1 is 1.38 bits per heavy atom. The maximum atomic E-state index is 5.49. The Bertz CT molecular complexity index is 48.5. The van der Waals surface area contributed by atoms with Crippen molar-refractivity contribution >= 4 is 0 Å². The largest absolute Gasteiger partial charge is 0.269 e. The fourth-order valence-electron chi connectivity index (χ4n) is 0.865. The molecular weight excluding hydrogens is 100 g/mol. The van der Waals surface area contributed by atoms with Crippen LogP contribution in [0.5, 0.6) is 0 Å². The molecule has 0 aromatic heterocycles. The Kier molecular flexibility index (Phi) is 3.83.